The van der Waals surface area contributed by atoms with Gasteiger partial charge in [0.15, 0.2) is 16.1 Å². The van der Waals surface area contributed by atoms with Crippen LogP contribution in [0, 0.1) is 0 Å². The molecule has 1 aromatic heterocycles. The van der Waals surface area contributed by atoms with Gasteiger partial charge in [0.25, 0.3) is 5.91 Å². The molecule has 0 aliphatic heterocycles. The first-order valence-corrected chi connectivity index (χ1v) is 14.3. The van der Waals surface area contributed by atoms with Crippen molar-refractivity contribution in [2.45, 2.75) is 9.79 Å². The number of carbonyl (C=O) groups excluding carboxylic acids is 1. The molecule has 2 N–H and O–H groups in total. The minimum atomic E-state index is -4.88. The van der Waals surface area contributed by atoms with Crippen LogP contribution in [0.1, 0.15) is 10.4 Å². The van der Waals surface area contributed by atoms with E-state index in [0.717, 1.165) is 6.07 Å². The van der Waals surface area contributed by atoms with E-state index < -0.39 is 26.7 Å². The molecular weight excluding hydrogens is 679 g/mol. The number of amides is 1. The molecule has 0 unspecified atom stereocenters. The van der Waals surface area contributed by atoms with E-state index in [1.807, 2.05) is 0 Å². The Morgan fingerprint density at radius 3 is 2.36 bits per heavy atom. The predicted octanol–water partition coefficient (Wildman–Crippen LogP) is -0.394. The van der Waals surface area contributed by atoms with Gasteiger partial charge in [0, 0.05) is 16.6 Å². The molecule has 0 radical (unpaired) electrons. The maximum atomic E-state index is 13.0. The molecule has 1 heterocycles. The van der Waals surface area contributed by atoms with Gasteiger partial charge < -0.3 is 20.2 Å². The van der Waals surface area contributed by atoms with Crippen molar-refractivity contribution in [3.05, 3.63) is 82.6 Å². The largest absolute Gasteiger partial charge is 1.00 e. The summed E-state index contributed by atoms with van der Waals surface area (Å²) in [6, 6.07) is 15.7. The molecule has 0 aliphatic rings. The zero-order valence-corrected chi connectivity index (χ0v) is 29.7. The number of benzene rings is 4. The number of halogens is 2. The van der Waals surface area contributed by atoms with E-state index in [1.165, 1.54) is 42.5 Å². The van der Waals surface area contributed by atoms with Crippen LogP contribution in [0.15, 0.2) is 86.7 Å². The van der Waals surface area contributed by atoms with Crippen molar-refractivity contribution >= 4 is 90.1 Å². The van der Waals surface area contributed by atoms with Gasteiger partial charge in [0.2, 0.25) is 0 Å². The fourth-order valence-electron chi connectivity index (χ4n) is 3.84. The molecule has 13 nitrogen and oxygen atoms in total. The van der Waals surface area contributed by atoms with E-state index in [1.54, 1.807) is 18.2 Å². The van der Waals surface area contributed by atoms with Crippen LogP contribution < -0.4 is 69.7 Å². The number of aromatic hydroxyl groups is 1. The van der Waals surface area contributed by atoms with Gasteiger partial charge in [0.05, 0.1) is 32.9 Å². The van der Waals surface area contributed by atoms with E-state index in [-0.39, 0.29) is 102 Å². The number of hydrogen-bond donors (Lipinski definition) is 2. The zero-order valence-electron chi connectivity index (χ0n) is 22.5. The van der Waals surface area contributed by atoms with E-state index in [0.29, 0.717) is 28.5 Å². The van der Waals surface area contributed by atoms with Gasteiger partial charge in [-0.15, -0.1) is 10.2 Å². The fourth-order valence-corrected chi connectivity index (χ4v) is 5.21. The van der Waals surface area contributed by atoms with Gasteiger partial charge in [0.1, 0.15) is 21.5 Å². The van der Waals surface area contributed by atoms with E-state index in [2.05, 4.69) is 34.9 Å². The molecule has 1 amide bonds. The summed E-state index contributed by atoms with van der Waals surface area (Å²) < 4.78 is 39.2. The van der Waals surface area contributed by atoms with Crippen molar-refractivity contribution in [3.8, 4) is 5.75 Å². The number of hydrogen-bond acceptors (Lipinski definition) is 13. The van der Waals surface area contributed by atoms with Gasteiger partial charge >= 0.3 is 59.1 Å². The number of nitrogens with one attached hydrogen (secondary N) is 1. The number of anilines is 1. The second-order valence-electron chi connectivity index (χ2n) is 8.31. The monoisotopic (exact) mass is 691 g/mol. The molecule has 0 fully saturated rings. The number of aromatic nitrogens is 2. The van der Waals surface area contributed by atoms with E-state index in [9.17, 15) is 28.1 Å². The summed E-state index contributed by atoms with van der Waals surface area (Å²) in [6.45, 7) is 0. The number of carbonyl (C=O) groups is 1. The number of fused-ring (bicyclic) bond motifs is 2. The first-order chi connectivity index (χ1) is 20.0. The molecule has 214 valence electrons. The van der Waals surface area contributed by atoms with Crippen LogP contribution in [0.5, 0.6) is 5.75 Å². The van der Waals surface area contributed by atoms with E-state index in [4.69, 9.17) is 23.2 Å². The first kappa shape index (κ1) is 36.5. The van der Waals surface area contributed by atoms with Crippen molar-refractivity contribution in [3.63, 3.8) is 0 Å². The normalized spacial score (nSPS) is 11.4. The number of rotatable bonds is 8. The minimum Gasteiger partial charge on any atom is -0.744 e. The standard InChI is InChI=1S/C25H15Cl2N5O8S2.2Na/c26-23-24(27)30-18-9-13(6-8-16(18)29-23)25(34)28-14-7-5-12-10-19(41-40-39-35)21(22(33)15(12)11-14)32-31-17-3-1-2-4-20(17)42(36,37)38;;/h1-11,33,35H,(H,28,34)(H,36,37,38);;/q;2*+1/p-2. The Morgan fingerprint density at radius 1 is 0.955 bits per heavy atom. The Kier molecular flexibility index (Phi) is 12.9. The van der Waals surface area contributed by atoms with Crippen LogP contribution in [-0.2, 0) is 19.5 Å². The average molecular weight is 692 g/mol. The molecule has 19 heteroatoms. The average Bonchev–Trinajstić information content (AvgIpc) is 2.96. The van der Waals surface area contributed by atoms with Crippen LogP contribution in [-0.4, -0.2) is 34.0 Å². The van der Waals surface area contributed by atoms with Gasteiger partial charge in [-0.05, 0) is 53.9 Å². The summed E-state index contributed by atoms with van der Waals surface area (Å²) in [5.74, 6) is -0.966. The predicted molar refractivity (Wildman–Crippen MR) is 150 cm³/mol. The topological polar surface area (TPSA) is 199 Å². The molecule has 5 rings (SSSR count). The summed E-state index contributed by atoms with van der Waals surface area (Å²) in [5.41, 5.74) is 0.789. The number of nitrogens with zero attached hydrogens (tertiary/aromatic N) is 4. The third-order valence-corrected chi connectivity index (χ3v) is 7.82. The molecule has 0 saturated heterocycles. The first-order valence-electron chi connectivity index (χ1n) is 11.4. The van der Waals surface area contributed by atoms with Crippen LogP contribution in [0.2, 0.25) is 10.3 Å². The van der Waals surface area contributed by atoms with Crippen molar-refractivity contribution < 1.29 is 96.6 Å². The molecular formula is C25H13Cl2N5Na2O8S2. The quantitative estimate of drug-likeness (QED) is 0.0536. The van der Waals surface area contributed by atoms with Crippen LogP contribution in [0.4, 0.5) is 17.1 Å². The summed E-state index contributed by atoms with van der Waals surface area (Å²) in [6.07, 6.45) is 0. The molecule has 0 spiro atoms. The minimum absolute atomic E-state index is 0. The van der Waals surface area contributed by atoms with Crippen LogP contribution in [0.3, 0.4) is 0 Å². The molecule has 0 bridgehead atoms. The van der Waals surface area contributed by atoms with Crippen LogP contribution >= 0.6 is 35.2 Å². The Labute approximate surface area is 307 Å². The molecule has 44 heavy (non-hydrogen) atoms. The Hall–Kier alpha value is -1.93. The van der Waals surface area contributed by atoms with Gasteiger partial charge in [-0.3, -0.25) is 9.83 Å². The van der Waals surface area contributed by atoms with Crippen molar-refractivity contribution in [1.82, 2.24) is 9.97 Å². The molecule has 5 aromatic rings. The number of phenolic OH excluding ortho intramolecular Hbond substituents is 1. The Balaban J connectivity index is 0.00000264. The molecule has 0 saturated carbocycles. The maximum absolute atomic E-state index is 13.0. The maximum Gasteiger partial charge on any atom is 1.00 e. The molecule has 0 atom stereocenters. The summed E-state index contributed by atoms with van der Waals surface area (Å²) in [7, 11) is -4.88. The zero-order chi connectivity index (χ0) is 30.0. The second-order valence-corrected chi connectivity index (χ2v) is 11.1. The Morgan fingerprint density at radius 2 is 1.66 bits per heavy atom. The van der Waals surface area contributed by atoms with Crippen molar-refractivity contribution in [2.24, 2.45) is 10.2 Å². The molecule has 0 aliphatic carbocycles. The van der Waals surface area contributed by atoms with Gasteiger partial charge in [-0.2, -0.15) is 4.33 Å². The SMILES string of the molecule is O=C(Nc1ccc2cc(SOO[O-])c(N=Nc3ccccc3S(=O)(=O)[O-])c(O)c2c1)c1ccc2nc(Cl)c(Cl)nc2c1.[Na+].[Na+]. The smallest absolute Gasteiger partial charge is 0.744 e. The number of phenols is 1. The van der Waals surface area contributed by atoms with Crippen molar-refractivity contribution in [1.29, 1.82) is 0 Å². The summed E-state index contributed by atoms with van der Waals surface area (Å²) >= 11 is 12.2. The summed E-state index contributed by atoms with van der Waals surface area (Å²) in [5, 5.41) is 36.1. The Bertz CT molecular complexity index is 2020. The second kappa shape index (κ2) is 15.6. The fraction of sp³-hybridized carbons (Fsp3) is 0. The van der Waals surface area contributed by atoms with Gasteiger partial charge in [-0.25, -0.2) is 18.4 Å². The summed E-state index contributed by atoms with van der Waals surface area (Å²) in [4.78, 5) is 20.7. The van der Waals surface area contributed by atoms with E-state index >= 15 is 0 Å². The third-order valence-electron chi connectivity index (χ3n) is 5.70. The van der Waals surface area contributed by atoms with Crippen LogP contribution in [0.25, 0.3) is 21.8 Å². The van der Waals surface area contributed by atoms with Crippen molar-refractivity contribution in [2.75, 3.05) is 5.32 Å². The number of azo groups is 1. The van der Waals surface area contributed by atoms with Gasteiger partial charge in [-0.1, -0.05) is 41.4 Å². The molecule has 4 aromatic carbocycles. The third kappa shape index (κ3) is 8.26.